The Bertz CT molecular complexity index is 1080. The van der Waals surface area contributed by atoms with Crippen LogP contribution in [0.1, 0.15) is 57.8 Å². The number of hydrogen-bond donors (Lipinski definition) is 1. The van der Waals surface area contributed by atoms with Gasteiger partial charge < -0.3 is 24.8 Å². The number of nitrogens with zero attached hydrogens (tertiary/aromatic N) is 1. The Labute approximate surface area is 206 Å². The van der Waals surface area contributed by atoms with Gasteiger partial charge in [0.2, 0.25) is 5.91 Å². The fourth-order valence-electron chi connectivity index (χ4n) is 4.42. The van der Waals surface area contributed by atoms with Gasteiger partial charge in [-0.15, -0.1) is 0 Å². The number of halogens is 1. The SMILES string of the molecule is CCC1(CC(N)=O)OC(c2cccc(OC)c2OC)c2cc(Cl)ccc2N(CC(C)(C)C)C1=O. The highest BCUT2D eigenvalue weighted by atomic mass is 35.5. The molecule has 2 atom stereocenters. The first-order valence-corrected chi connectivity index (χ1v) is 11.6. The fourth-order valence-corrected chi connectivity index (χ4v) is 4.60. The van der Waals surface area contributed by atoms with Crippen LogP contribution in [0.4, 0.5) is 5.69 Å². The molecule has 8 heteroatoms. The maximum atomic E-state index is 14.1. The van der Waals surface area contributed by atoms with Crippen LogP contribution in [-0.2, 0) is 14.3 Å². The topological polar surface area (TPSA) is 91.1 Å². The molecule has 0 bridgehead atoms. The minimum atomic E-state index is -1.47. The van der Waals surface area contributed by atoms with Crippen LogP contribution in [0.3, 0.4) is 0 Å². The third-order valence-corrected chi connectivity index (χ3v) is 6.16. The molecule has 34 heavy (non-hydrogen) atoms. The molecule has 0 fully saturated rings. The molecule has 1 aliphatic heterocycles. The van der Waals surface area contributed by atoms with Crippen LogP contribution in [0.5, 0.6) is 11.5 Å². The number of benzene rings is 2. The molecule has 7 nitrogen and oxygen atoms in total. The number of carbonyl (C=O) groups excluding carboxylic acids is 2. The molecule has 1 heterocycles. The summed E-state index contributed by atoms with van der Waals surface area (Å²) in [4.78, 5) is 28.0. The number of nitrogens with two attached hydrogens (primary N) is 1. The first-order valence-electron chi connectivity index (χ1n) is 11.2. The number of anilines is 1. The normalized spacial score (nSPS) is 20.5. The van der Waals surface area contributed by atoms with Gasteiger partial charge in [0.25, 0.3) is 5.91 Å². The summed E-state index contributed by atoms with van der Waals surface area (Å²) in [5.74, 6) is 0.0657. The Morgan fingerprint density at radius 1 is 1.18 bits per heavy atom. The van der Waals surface area contributed by atoms with E-state index in [0.29, 0.717) is 39.9 Å². The van der Waals surface area contributed by atoms with E-state index in [0.717, 1.165) is 0 Å². The molecule has 2 amide bonds. The molecule has 2 unspecified atom stereocenters. The van der Waals surface area contributed by atoms with E-state index in [1.807, 2.05) is 45.9 Å². The Hall–Kier alpha value is -2.77. The second-order valence-electron chi connectivity index (χ2n) is 9.73. The van der Waals surface area contributed by atoms with Crippen LogP contribution in [0.15, 0.2) is 36.4 Å². The minimum Gasteiger partial charge on any atom is -0.493 e. The van der Waals surface area contributed by atoms with Gasteiger partial charge in [0.15, 0.2) is 17.1 Å². The van der Waals surface area contributed by atoms with Crippen molar-refractivity contribution in [1.82, 2.24) is 0 Å². The van der Waals surface area contributed by atoms with Gasteiger partial charge in [-0.1, -0.05) is 51.4 Å². The standard InChI is InChI=1S/C26H33ClN2O5/c1-7-26(14-21(28)30)24(31)29(15-25(2,3)4)19-12-11-16(27)13-18(19)22(34-26)17-9-8-10-20(32-5)23(17)33-6/h8-13,22H,7,14-15H2,1-6H3,(H2,28,30). The van der Waals surface area contributed by atoms with Crippen molar-refractivity contribution in [3.8, 4) is 11.5 Å². The van der Waals surface area contributed by atoms with Gasteiger partial charge >= 0.3 is 0 Å². The number of rotatable bonds is 7. The largest absolute Gasteiger partial charge is 0.493 e. The quantitative estimate of drug-likeness (QED) is 0.599. The van der Waals surface area contributed by atoms with Gasteiger partial charge in [-0.25, -0.2) is 0 Å². The molecule has 0 radical (unpaired) electrons. The first-order chi connectivity index (χ1) is 16.0. The van der Waals surface area contributed by atoms with Gasteiger partial charge in [0, 0.05) is 28.4 Å². The molecule has 2 N–H and O–H groups in total. The van der Waals surface area contributed by atoms with Crippen LogP contribution >= 0.6 is 11.6 Å². The number of ether oxygens (including phenoxy) is 3. The molecule has 0 saturated carbocycles. The van der Waals surface area contributed by atoms with Gasteiger partial charge in [-0.2, -0.15) is 0 Å². The number of primary amides is 1. The summed E-state index contributed by atoms with van der Waals surface area (Å²) < 4.78 is 17.8. The van der Waals surface area contributed by atoms with Crippen LogP contribution in [0.2, 0.25) is 5.02 Å². The number of fused-ring (bicyclic) bond motifs is 1. The lowest BCUT2D eigenvalue weighted by molar-refractivity contribution is -0.155. The lowest BCUT2D eigenvalue weighted by Gasteiger charge is -2.37. The lowest BCUT2D eigenvalue weighted by atomic mass is 9.91. The van der Waals surface area contributed by atoms with Crippen LogP contribution < -0.4 is 20.1 Å². The van der Waals surface area contributed by atoms with Crippen molar-refractivity contribution in [2.45, 2.75) is 52.2 Å². The summed E-state index contributed by atoms with van der Waals surface area (Å²) in [5, 5.41) is 0.497. The van der Waals surface area contributed by atoms with Crippen molar-refractivity contribution < 1.29 is 23.8 Å². The number of hydrogen-bond acceptors (Lipinski definition) is 5. The molecule has 0 saturated heterocycles. The van der Waals surface area contributed by atoms with E-state index in [2.05, 4.69) is 0 Å². The predicted molar refractivity (Wildman–Crippen MR) is 133 cm³/mol. The second-order valence-corrected chi connectivity index (χ2v) is 10.2. The predicted octanol–water partition coefficient (Wildman–Crippen LogP) is 4.88. The summed E-state index contributed by atoms with van der Waals surface area (Å²) in [6.45, 7) is 8.37. The van der Waals surface area contributed by atoms with E-state index in [1.54, 1.807) is 37.3 Å². The fraction of sp³-hybridized carbons (Fsp3) is 0.462. The van der Waals surface area contributed by atoms with Gasteiger partial charge in [0.1, 0.15) is 6.10 Å². The Kier molecular flexibility index (Phi) is 7.48. The molecule has 0 spiro atoms. The van der Waals surface area contributed by atoms with Crippen molar-refractivity contribution in [2.75, 3.05) is 25.7 Å². The monoisotopic (exact) mass is 488 g/mol. The van der Waals surface area contributed by atoms with Crippen LogP contribution in [-0.4, -0.2) is 38.2 Å². The highest BCUT2D eigenvalue weighted by Crippen LogP contribution is 2.48. The van der Waals surface area contributed by atoms with Crippen molar-refractivity contribution in [2.24, 2.45) is 11.1 Å². The molecule has 0 aromatic heterocycles. The van der Waals surface area contributed by atoms with Gasteiger partial charge in [-0.05, 0) is 36.1 Å². The van der Waals surface area contributed by atoms with E-state index < -0.39 is 17.6 Å². The van der Waals surface area contributed by atoms with E-state index >= 15 is 0 Å². The number of amides is 2. The van der Waals surface area contributed by atoms with E-state index in [1.165, 1.54) is 0 Å². The second kappa shape index (κ2) is 9.84. The molecule has 3 rings (SSSR count). The molecular formula is C26H33ClN2O5. The smallest absolute Gasteiger partial charge is 0.259 e. The van der Waals surface area contributed by atoms with Crippen molar-refractivity contribution >= 4 is 29.1 Å². The maximum Gasteiger partial charge on any atom is 0.259 e. The van der Waals surface area contributed by atoms with Crippen molar-refractivity contribution in [1.29, 1.82) is 0 Å². The number of carbonyl (C=O) groups is 2. The molecule has 0 aliphatic carbocycles. The summed E-state index contributed by atoms with van der Waals surface area (Å²) in [5.41, 5.74) is 5.94. The summed E-state index contributed by atoms with van der Waals surface area (Å²) in [6.07, 6.45) is -0.778. The third-order valence-electron chi connectivity index (χ3n) is 5.92. The van der Waals surface area contributed by atoms with Crippen LogP contribution in [0, 0.1) is 5.41 Å². The summed E-state index contributed by atoms with van der Waals surface area (Å²) >= 11 is 6.43. The zero-order valence-electron chi connectivity index (χ0n) is 20.6. The summed E-state index contributed by atoms with van der Waals surface area (Å²) in [6, 6.07) is 10.8. The van der Waals surface area contributed by atoms with E-state index in [4.69, 9.17) is 31.5 Å². The minimum absolute atomic E-state index is 0.230. The number of methoxy groups -OCH3 is 2. The number of para-hydroxylation sites is 1. The van der Waals surface area contributed by atoms with E-state index in [-0.39, 0.29) is 24.2 Å². The molecule has 184 valence electrons. The molecule has 1 aliphatic rings. The van der Waals surface area contributed by atoms with Crippen molar-refractivity contribution in [3.63, 3.8) is 0 Å². The Morgan fingerprint density at radius 2 is 1.88 bits per heavy atom. The Morgan fingerprint density at radius 3 is 2.44 bits per heavy atom. The van der Waals surface area contributed by atoms with Gasteiger partial charge in [0.05, 0.1) is 20.6 Å². The van der Waals surface area contributed by atoms with Gasteiger partial charge in [-0.3, -0.25) is 9.59 Å². The van der Waals surface area contributed by atoms with E-state index in [9.17, 15) is 9.59 Å². The summed E-state index contributed by atoms with van der Waals surface area (Å²) in [7, 11) is 3.10. The highest BCUT2D eigenvalue weighted by Gasteiger charge is 2.49. The third kappa shape index (κ3) is 5.00. The Balaban J connectivity index is 2.37. The van der Waals surface area contributed by atoms with Crippen molar-refractivity contribution in [3.05, 3.63) is 52.5 Å². The molecule has 2 aromatic rings. The zero-order chi connectivity index (χ0) is 25.3. The maximum absolute atomic E-state index is 14.1. The highest BCUT2D eigenvalue weighted by molar-refractivity contribution is 6.30. The average molecular weight is 489 g/mol. The zero-order valence-corrected chi connectivity index (χ0v) is 21.4. The average Bonchev–Trinajstić information content (AvgIpc) is 2.86. The lowest BCUT2D eigenvalue weighted by Crippen LogP contribution is -2.53. The van der Waals surface area contributed by atoms with Crippen LogP contribution in [0.25, 0.3) is 0 Å². The molecular weight excluding hydrogens is 456 g/mol. The first kappa shape index (κ1) is 25.8. The molecule has 2 aromatic carbocycles.